The molecule has 0 aromatic carbocycles. The monoisotopic (exact) mass is 126 g/mol. The fourth-order valence-corrected chi connectivity index (χ4v) is 0.274. The van der Waals surface area contributed by atoms with Crippen LogP contribution in [0.2, 0.25) is 0 Å². The third-order valence-corrected chi connectivity index (χ3v) is 0.606. The van der Waals surface area contributed by atoms with Crippen molar-refractivity contribution in [2.75, 3.05) is 0 Å². The van der Waals surface area contributed by atoms with Crippen LogP contribution in [0.3, 0.4) is 0 Å². The first kappa shape index (κ1) is 7.33. The van der Waals surface area contributed by atoms with Gasteiger partial charge in [0.25, 0.3) is 0 Å². The average molecular weight is 127 g/mol. The van der Waals surface area contributed by atoms with Gasteiger partial charge in [0, 0.05) is 5.54 Å². The lowest BCUT2D eigenvalue weighted by Crippen LogP contribution is -1.45. The number of halogens is 1. The van der Waals surface area contributed by atoms with E-state index < -0.39 is 0 Å². The zero-order valence-corrected chi connectivity index (χ0v) is 5.44. The molecule has 0 N–H and O–H groups in total. The van der Waals surface area contributed by atoms with Crippen molar-refractivity contribution in [2.45, 2.75) is 6.92 Å². The fourth-order valence-electron chi connectivity index (χ4n) is 0.211. The van der Waals surface area contributed by atoms with Crippen LogP contribution in [-0.4, -0.2) is 0 Å². The zero-order valence-electron chi connectivity index (χ0n) is 4.69. The van der Waals surface area contributed by atoms with Crippen LogP contribution in [-0.2, 0) is 0 Å². The van der Waals surface area contributed by atoms with Crippen molar-refractivity contribution in [3.8, 4) is 11.8 Å². The molecule has 0 spiro atoms. The maximum atomic E-state index is 5.17. The van der Waals surface area contributed by atoms with Gasteiger partial charge in [-0.2, -0.15) is 0 Å². The topological polar surface area (TPSA) is 0 Å². The Morgan fingerprint density at radius 3 is 2.38 bits per heavy atom. The van der Waals surface area contributed by atoms with Crippen molar-refractivity contribution in [3.63, 3.8) is 0 Å². The van der Waals surface area contributed by atoms with Crippen LogP contribution < -0.4 is 0 Å². The fraction of sp³-hybridized carbons (Fsp3) is 0.143. The molecule has 0 radical (unpaired) electrons. The molecule has 0 fully saturated rings. The van der Waals surface area contributed by atoms with Gasteiger partial charge in [-0.15, -0.1) is 0 Å². The molecule has 0 amide bonds. The van der Waals surface area contributed by atoms with E-state index >= 15 is 0 Å². The van der Waals surface area contributed by atoms with E-state index in [1.807, 2.05) is 13.0 Å². The minimum absolute atomic E-state index is 1.39. The highest BCUT2D eigenvalue weighted by Crippen LogP contribution is 1.74. The van der Waals surface area contributed by atoms with Crippen LogP contribution in [0.5, 0.6) is 0 Å². The van der Waals surface area contributed by atoms with Crippen LogP contribution in [0.4, 0.5) is 0 Å². The van der Waals surface area contributed by atoms with E-state index in [0.717, 1.165) is 0 Å². The average Bonchev–Trinajstić information content (AvgIpc) is 1.81. The van der Waals surface area contributed by atoms with E-state index in [1.54, 1.807) is 12.2 Å². The molecule has 0 aromatic heterocycles. The molecule has 0 aliphatic rings. The summed E-state index contributed by atoms with van der Waals surface area (Å²) in [6.45, 7) is 1.92. The SMILES string of the molecule is C/C=C/C#C/C=C/Cl. The Bertz CT molecular complexity index is 128. The Labute approximate surface area is 54.9 Å². The minimum Gasteiger partial charge on any atom is -0.0923 e. The van der Waals surface area contributed by atoms with Gasteiger partial charge in [0.1, 0.15) is 0 Å². The van der Waals surface area contributed by atoms with Crippen molar-refractivity contribution in [1.29, 1.82) is 0 Å². The molecule has 0 saturated carbocycles. The smallest absolute Gasteiger partial charge is 0.0126 e. The largest absolute Gasteiger partial charge is 0.0923 e. The second-order valence-corrected chi connectivity index (χ2v) is 1.33. The summed E-state index contributed by atoms with van der Waals surface area (Å²) in [5.41, 5.74) is 1.39. The molecule has 8 heavy (non-hydrogen) atoms. The summed E-state index contributed by atoms with van der Waals surface area (Å²) in [6, 6.07) is 0. The maximum absolute atomic E-state index is 5.17. The third-order valence-electron chi connectivity index (χ3n) is 0.480. The summed E-state index contributed by atoms with van der Waals surface area (Å²) in [6.07, 6.45) is 5.22. The zero-order chi connectivity index (χ0) is 6.24. The molecule has 0 atom stereocenters. The number of allylic oxidation sites excluding steroid dienone is 3. The second-order valence-electron chi connectivity index (χ2n) is 1.08. The first-order chi connectivity index (χ1) is 3.91. The van der Waals surface area contributed by atoms with Crippen LogP contribution in [0.25, 0.3) is 0 Å². The highest BCUT2D eigenvalue weighted by Gasteiger charge is 1.53. The Morgan fingerprint density at radius 2 is 1.88 bits per heavy atom. The van der Waals surface area contributed by atoms with Crippen molar-refractivity contribution in [1.82, 2.24) is 0 Å². The molecule has 0 heterocycles. The van der Waals surface area contributed by atoms with Gasteiger partial charge in [-0.3, -0.25) is 0 Å². The lowest BCUT2D eigenvalue weighted by Gasteiger charge is -1.60. The van der Waals surface area contributed by atoms with Crippen LogP contribution in [0.1, 0.15) is 6.92 Å². The first-order valence-electron chi connectivity index (χ1n) is 2.29. The van der Waals surface area contributed by atoms with Crippen LogP contribution in [0, 0.1) is 11.8 Å². The predicted octanol–water partition coefficient (Wildman–Crippen LogP) is 2.32. The van der Waals surface area contributed by atoms with Crippen molar-refractivity contribution < 1.29 is 0 Å². The minimum atomic E-state index is 1.39. The normalized spacial score (nSPS) is 9.75. The maximum Gasteiger partial charge on any atom is 0.0126 e. The Morgan fingerprint density at radius 1 is 1.25 bits per heavy atom. The van der Waals surface area contributed by atoms with Crippen molar-refractivity contribution >= 4 is 11.6 Å². The van der Waals surface area contributed by atoms with E-state index in [2.05, 4.69) is 11.8 Å². The Kier molecular flexibility index (Phi) is 5.80. The summed E-state index contributed by atoms with van der Waals surface area (Å²) >= 11 is 5.17. The van der Waals surface area contributed by atoms with E-state index in [1.165, 1.54) is 5.54 Å². The van der Waals surface area contributed by atoms with Crippen molar-refractivity contribution in [2.24, 2.45) is 0 Å². The quantitative estimate of drug-likeness (QED) is 0.437. The summed E-state index contributed by atoms with van der Waals surface area (Å²) in [4.78, 5) is 0. The Hall–Kier alpha value is -0.670. The molecule has 42 valence electrons. The van der Waals surface area contributed by atoms with Gasteiger partial charge < -0.3 is 0 Å². The highest BCUT2D eigenvalue weighted by molar-refractivity contribution is 6.25. The molecule has 1 heteroatoms. The van der Waals surface area contributed by atoms with Crippen LogP contribution >= 0.6 is 11.6 Å². The van der Waals surface area contributed by atoms with Gasteiger partial charge in [0.15, 0.2) is 0 Å². The summed E-state index contributed by atoms with van der Waals surface area (Å²) < 4.78 is 0. The van der Waals surface area contributed by atoms with Gasteiger partial charge in [-0.1, -0.05) is 29.5 Å². The molecule has 0 saturated heterocycles. The summed E-state index contributed by atoms with van der Waals surface area (Å²) in [7, 11) is 0. The number of hydrogen-bond acceptors (Lipinski definition) is 0. The molecule has 0 bridgehead atoms. The van der Waals surface area contributed by atoms with Gasteiger partial charge in [0.2, 0.25) is 0 Å². The standard InChI is InChI=1S/C7H7Cl/c1-2-3-4-5-6-7-8/h2-3,6-7H,1H3/b3-2+,7-6+. The van der Waals surface area contributed by atoms with E-state index in [0.29, 0.717) is 0 Å². The van der Waals surface area contributed by atoms with Crippen LogP contribution in [0.15, 0.2) is 23.8 Å². The molecule has 0 aromatic rings. The van der Waals surface area contributed by atoms with Crippen molar-refractivity contribution in [3.05, 3.63) is 23.8 Å². The summed E-state index contributed by atoms with van der Waals surface area (Å²) in [5, 5.41) is 0. The van der Waals surface area contributed by atoms with Gasteiger partial charge in [-0.25, -0.2) is 0 Å². The first-order valence-corrected chi connectivity index (χ1v) is 2.73. The van der Waals surface area contributed by atoms with E-state index in [-0.39, 0.29) is 0 Å². The van der Waals surface area contributed by atoms with Gasteiger partial charge >= 0.3 is 0 Å². The number of hydrogen-bond donors (Lipinski definition) is 0. The summed E-state index contributed by atoms with van der Waals surface area (Å²) in [5.74, 6) is 5.42. The molecule has 0 aliphatic carbocycles. The molecule has 0 unspecified atom stereocenters. The van der Waals surface area contributed by atoms with Gasteiger partial charge in [-0.05, 0) is 19.1 Å². The second kappa shape index (κ2) is 6.33. The number of rotatable bonds is 0. The lowest BCUT2D eigenvalue weighted by molar-refractivity contribution is 1.76. The molecule has 0 rings (SSSR count). The molecule has 0 nitrogen and oxygen atoms in total. The molecular weight excluding hydrogens is 120 g/mol. The highest BCUT2D eigenvalue weighted by atomic mass is 35.5. The molecule has 0 aliphatic heterocycles. The lowest BCUT2D eigenvalue weighted by atomic mass is 10.5. The Balaban J connectivity index is 3.51. The third kappa shape index (κ3) is 5.33. The van der Waals surface area contributed by atoms with E-state index in [9.17, 15) is 0 Å². The van der Waals surface area contributed by atoms with E-state index in [4.69, 9.17) is 11.6 Å². The predicted molar refractivity (Wildman–Crippen MR) is 37.6 cm³/mol. The molecular formula is C7H7Cl. The van der Waals surface area contributed by atoms with Gasteiger partial charge in [0.05, 0.1) is 0 Å².